The predicted octanol–water partition coefficient (Wildman–Crippen LogP) is 2.74. The summed E-state index contributed by atoms with van der Waals surface area (Å²) in [5.74, 6) is -0.641. The lowest BCUT2D eigenvalue weighted by atomic mass is 9.43. The Balaban J connectivity index is 1.58. The number of benzene rings is 1. The molecule has 2 saturated carbocycles. The summed E-state index contributed by atoms with van der Waals surface area (Å²) in [6, 6.07) is 5.33. The third-order valence-electron chi connectivity index (χ3n) is 8.82. The molecule has 1 aromatic carbocycles. The second-order valence-electron chi connectivity index (χ2n) is 9.48. The van der Waals surface area contributed by atoms with Crippen molar-refractivity contribution in [3.63, 3.8) is 0 Å². The average molecular weight is 392 g/mol. The van der Waals surface area contributed by atoms with E-state index in [-0.39, 0.29) is 23.1 Å². The minimum Gasteiger partial charge on any atom is -0.508 e. The molecule has 1 aromatic rings. The number of likely N-dealkylation sites (tertiary alicyclic amines) is 1. The van der Waals surface area contributed by atoms with Crippen LogP contribution in [0.5, 0.6) is 5.75 Å². The number of hydrogen-bond donors (Lipinski definition) is 2. The Morgan fingerprint density at radius 2 is 2.11 bits per heavy atom. The molecule has 0 spiro atoms. The Bertz CT molecular complexity index is 887. The SMILES string of the molecule is O=C(N1CCC23c4cc(O)ccc4CC1C21CCC2NC[C@@H](C1)C23)C(F)(F)F. The first kappa shape index (κ1) is 17.1. The molecule has 0 radical (unpaired) electrons. The Kier molecular flexibility index (Phi) is 3.08. The van der Waals surface area contributed by atoms with E-state index in [1.54, 1.807) is 6.07 Å². The van der Waals surface area contributed by atoms with Crippen LogP contribution in [0.3, 0.4) is 0 Å². The van der Waals surface area contributed by atoms with Crippen molar-refractivity contribution >= 4 is 5.91 Å². The first-order chi connectivity index (χ1) is 13.3. The minimum atomic E-state index is -4.83. The molecule has 2 aliphatic heterocycles. The van der Waals surface area contributed by atoms with Crippen LogP contribution in [0.4, 0.5) is 13.2 Å². The maximum atomic E-state index is 13.4. The Morgan fingerprint density at radius 1 is 1.29 bits per heavy atom. The molecule has 4 bridgehead atoms. The highest BCUT2D eigenvalue weighted by Crippen LogP contribution is 2.74. The highest BCUT2D eigenvalue weighted by molar-refractivity contribution is 5.83. The van der Waals surface area contributed by atoms with Gasteiger partial charge < -0.3 is 15.3 Å². The largest absolute Gasteiger partial charge is 0.508 e. The molecule has 0 aromatic heterocycles. The van der Waals surface area contributed by atoms with Crippen LogP contribution in [0.25, 0.3) is 0 Å². The molecule has 2 N–H and O–H groups in total. The summed E-state index contributed by atoms with van der Waals surface area (Å²) in [5.41, 5.74) is 1.61. The zero-order valence-corrected chi connectivity index (χ0v) is 15.4. The normalized spacial score (nSPS) is 42.9. The van der Waals surface area contributed by atoms with E-state index in [0.717, 1.165) is 41.8 Å². The lowest BCUT2D eigenvalue weighted by Crippen LogP contribution is -2.71. The van der Waals surface area contributed by atoms with Crippen molar-refractivity contribution in [2.75, 3.05) is 13.1 Å². The van der Waals surface area contributed by atoms with Gasteiger partial charge >= 0.3 is 12.1 Å². The van der Waals surface area contributed by atoms with Crippen molar-refractivity contribution in [3.8, 4) is 5.75 Å². The van der Waals surface area contributed by atoms with E-state index < -0.39 is 18.1 Å². The van der Waals surface area contributed by atoms with Crippen LogP contribution in [-0.4, -0.2) is 47.3 Å². The van der Waals surface area contributed by atoms with Gasteiger partial charge in [-0.2, -0.15) is 13.2 Å². The third-order valence-corrected chi connectivity index (χ3v) is 8.82. The van der Waals surface area contributed by atoms with Gasteiger partial charge in [0.2, 0.25) is 0 Å². The van der Waals surface area contributed by atoms with E-state index in [1.807, 2.05) is 12.1 Å². The molecule has 1 amide bonds. The standard InChI is InChI=1S/C21H23F3N2O2/c22-21(23,24)18(28)26-6-5-20-14-8-13(27)2-1-11(14)7-16(26)19(20)4-3-15-17(20)12(9-19)10-25-15/h1-2,8,12,15-17,25,27H,3-7,9-10H2/t12-,15?,16?,17?,19?,20?/m1/s1. The molecule has 4 fully saturated rings. The van der Waals surface area contributed by atoms with Crippen LogP contribution < -0.4 is 5.32 Å². The second kappa shape index (κ2) is 5.04. The summed E-state index contributed by atoms with van der Waals surface area (Å²) in [6.07, 6.45) is -1.14. The van der Waals surface area contributed by atoms with E-state index >= 15 is 0 Å². The molecule has 28 heavy (non-hydrogen) atoms. The van der Waals surface area contributed by atoms with E-state index in [0.29, 0.717) is 30.7 Å². The average Bonchev–Trinajstić information content (AvgIpc) is 3.11. The number of halogens is 3. The first-order valence-electron chi connectivity index (χ1n) is 10.2. The second-order valence-corrected chi connectivity index (χ2v) is 9.48. The number of fused-ring (bicyclic) bond motifs is 1. The quantitative estimate of drug-likeness (QED) is 0.714. The fourth-order valence-electron chi connectivity index (χ4n) is 8.26. The molecule has 2 heterocycles. The lowest BCUT2D eigenvalue weighted by molar-refractivity contribution is -0.199. The summed E-state index contributed by atoms with van der Waals surface area (Å²) in [4.78, 5) is 13.5. The molecule has 6 rings (SSSR count). The summed E-state index contributed by atoms with van der Waals surface area (Å²) in [6.45, 7) is 1.06. The van der Waals surface area contributed by atoms with Crippen LogP contribution in [-0.2, 0) is 16.6 Å². The van der Waals surface area contributed by atoms with Gasteiger partial charge in [-0.05, 0) is 73.7 Å². The van der Waals surface area contributed by atoms with Gasteiger partial charge in [0.05, 0.1) is 0 Å². The van der Waals surface area contributed by atoms with Crippen LogP contribution in [0.15, 0.2) is 18.2 Å². The van der Waals surface area contributed by atoms with Crippen LogP contribution in [0, 0.1) is 17.3 Å². The number of nitrogens with one attached hydrogen (secondary N) is 1. The van der Waals surface area contributed by atoms with Crippen molar-refractivity contribution < 1.29 is 23.1 Å². The Morgan fingerprint density at radius 3 is 2.89 bits per heavy atom. The summed E-state index contributed by atoms with van der Waals surface area (Å²) < 4.78 is 40.2. The maximum Gasteiger partial charge on any atom is 0.471 e. The first-order valence-corrected chi connectivity index (χ1v) is 10.2. The van der Waals surface area contributed by atoms with Crippen molar-refractivity contribution in [2.45, 2.75) is 55.8 Å². The zero-order chi connectivity index (χ0) is 19.5. The van der Waals surface area contributed by atoms with E-state index in [2.05, 4.69) is 5.32 Å². The van der Waals surface area contributed by atoms with Gasteiger partial charge in [0.25, 0.3) is 0 Å². The maximum absolute atomic E-state index is 13.4. The molecule has 2 saturated heterocycles. The minimum absolute atomic E-state index is 0.149. The molecule has 5 unspecified atom stereocenters. The number of aromatic hydroxyl groups is 1. The number of nitrogens with zero attached hydrogens (tertiary/aromatic N) is 1. The molecule has 4 nitrogen and oxygen atoms in total. The topological polar surface area (TPSA) is 52.6 Å². The molecule has 7 heteroatoms. The number of hydrogen-bond acceptors (Lipinski definition) is 3. The summed E-state index contributed by atoms with van der Waals surface area (Å²) in [5, 5.41) is 13.9. The van der Waals surface area contributed by atoms with Crippen molar-refractivity contribution in [1.82, 2.24) is 10.2 Å². The Hall–Kier alpha value is -1.76. The van der Waals surface area contributed by atoms with Crippen molar-refractivity contribution in [2.24, 2.45) is 17.3 Å². The predicted molar refractivity (Wildman–Crippen MR) is 94.7 cm³/mol. The number of carbonyl (C=O) groups is 1. The highest BCUT2D eigenvalue weighted by atomic mass is 19.4. The lowest BCUT2D eigenvalue weighted by Gasteiger charge is -2.66. The molecular weight excluding hydrogens is 369 g/mol. The van der Waals surface area contributed by atoms with Gasteiger partial charge in [-0.3, -0.25) is 4.79 Å². The molecule has 150 valence electrons. The number of carbonyl (C=O) groups excluding carboxylic acids is 1. The number of alkyl halides is 3. The van der Waals surface area contributed by atoms with E-state index in [9.17, 15) is 23.1 Å². The molecule has 5 aliphatic rings. The number of rotatable bonds is 0. The smallest absolute Gasteiger partial charge is 0.471 e. The monoisotopic (exact) mass is 392 g/mol. The number of piperidine rings is 1. The van der Waals surface area contributed by atoms with Crippen LogP contribution in [0.2, 0.25) is 0 Å². The number of phenols is 1. The van der Waals surface area contributed by atoms with Gasteiger partial charge in [-0.1, -0.05) is 6.07 Å². The Labute approximate surface area is 161 Å². The van der Waals surface area contributed by atoms with Crippen molar-refractivity contribution in [3.05, 3.63) is 29.3 Å². The highest BCUT2D eigenvalue weighted by Gasteiger charge is 2.75. The van der Waals surface area contributed by atoms with Gasteiger partial charge in [0.1, 0.15) is 5.75 Å². The third kappa shape index (κ3) is 1.76. The van der Waals surface area contributed by atoms with Crippen LogP contribution in [0.1, 0.15) is 36.8 Å². The summed E-state index contributed by atoms with van der Waals surface area (Å²) in [7, 11) is 0. The molecular formula is C21H23F3N2O2. The van der Waals surface area contributed by atoms with Crippen molar-refractivity contribution in [1.29, 1.82) is 0 Å². The van der Waals surface area contributed by atoms with Gasteiger partial charge in [-0.25, -0.2) is 0 Å². The van der Waals surface area contributed by atoms with Gasteiger partial charge in [0, 0.05) is 29.5 Å². The zero-order valence-electron chi connectivity index (χ0n) is 15.4. The fraction of sp³-hybridized carbons (Fsp3) is 0.667. The van der Waals surface area contributed by atoms with Gasteiger partial charge in [0.15, 0.2) is 0 Å². The number of phenolic OH excluding ortho intramolecular Hbond substituents is 1. The molecule has 3 aliphatic carbocycles. The van der Waals surface area contributed by atoms with Gasteiger partial charge in [-0.15, -0.1) is 0 Å². The molecule has 6 atom stereocenters. The fourth-order valence-corrected chi connectivity index (χ4v) is 8.26. The van der Waals surface area contributed by atoms with E-state index in [1.165, 1.54) is 0 Å². The van der Waals surface area contributed by atoms with E-state index in [4.69, 9.17) is 0 Å². The number of amides is 1. The van der Waals surface area contributed by atoms with Crippen LogP contribution >= 0.6 is 0 Å². The summed E-state index contributed by atoms with van der Waals surface area (Å²) >= 11 is 0.